The minimum atomic E-state index is -0.152. The molecule has 6 nitrogen and oxygen atoms in total. The summed E-state index contributed by atoms with van der Waals surface area (Å²) in [5.41, 5.74) is 2.74. The maximum absolute atomic E-state index is 12.2. The Bertz CT molecular complexity index is 988. The summed E-state index contributed by atoms with van der Waals surface area (Å²) in [4.78, 5) is 19.4. The topological polar surface area (TPSA) is 83.8 Å². The van der Waals surface area contributed by atoms with Gasteiger partial charge in [0.2, 0.25) is 5.91 Å². The summed E-state index contributed by atoms with van der Waals surface area (Å²) in [6.45, 7) is 0. The molecular weight excluding hydrogens is 304 g/mol. The molecule has 4 aromatic rings. The molecule has 3 heterocycles. The lowest BCUT2D eigenvalue weighted by atomic mass is 10.1. The van der Waals surface area contributed by atoms with Crippen LogP contribution in [-0.2, 0) is 11.2 Å². The number of pyridine rings is 1. The van der Waals surface area contributed by atoms with Crippen molar-refractivity contribution in [1.29, 1.82) is 0 Å². The minimum absolute atomic E-state index is 0.152. The van der Waals surface area contributed by atoms with Gasteiger partial charge in [-0.2, -0.15) is 0 Å². The highest BCUT2D eigenvalue weighted by Gasteiger charge is 2.12. The number of carbonyl (C=O) groups excluding carboxylic acids is 1. The fourth-order valence-corrected chi connectivity index (χ4v) is 2.61. The molecule has 4 rings (SSSR count). The molecule has 24 heavy (non-hydrogen) atoms. The van der Waals surface area contributed by atoms with Crippen LogP contribution in [0.4, 0.5) is 5.82 Å². The molecule has 6 heteroatoms. The molecule has 3 aromatic heterocycles. The zero-order chi connectivity index (χ0) is 16.4. The third-order valence-electron chi connectivity index (χ3n) is 3.76. The molecule has 1 aromatic carbocycles. The van der Waals surface area contributed by atoms with E-state index in [4.69, 9.17) is 4.52 Å². The summed E-state index contributed by atoms with van der Waals surface area (Å²) in [6.07, 6.45) is 5.52. The second-order valence-corrected chi connectivity index (χ2v) is 5.40. The summed E-state index contributed by atoms with van der Waals surface area (Å²) in [6, 6.07) is 13.2. The molecule has 0 aliphatic heterocycles. The van der Waals surface area contributed by atoms with Gasteiger partial charge in [-0.15, -0.1) is 0 Å². The van der Waals surface area contributed by atoms with Crippen molar-refractivity contribution in [2.75, 3.05) is 5.32 Å². The minimum Gasteiger partial charge on any atom is -0.360 e. The van der Waals surface area contributed by atoms with Crippen LogP contribution < -0.4 is 5.32 Å². The van der Waals surface area contributed by atoms with E-state index >= 15 is 0 Å². The largest absolute Gasteiger partial charge is 0.360 e. The van der Waals surface area contributed by atoms with E-state index in [9.17, 15) is 4.79 Å². The molecule has 0 unspecified atom stereocenters. The fourth-order valence-electron chi connectivity index (χ4n) is 2.61. The van der Waals surface area contributed by atoms with E-state index in [0.29, 0.717) is 11.6 Å². The van der Waals surface area contributed by atoms with Gasteiger partial charge in [0.05, 0.1) is 18.1 Å². The first-order valence-corrected chi connectivity index (χ1v) is 7.51. The quantitative estimate of drug-likeness (QED) is 0.604. The lowest BCUT2D eigenvalue weighted by Gasteiger charge is -2.00. The van der Waals surface area contributed by atoms with Crippen LogP contribution >= 0.6 is 0 Å². The van der Waals surface area contributed by atoms with E-state index < -0.39 is 0 Å². The molecule has 0 aliphatic carbocycles. The van der Waals surface area contributed by atoms with Crippen LogP contribution in [0.25, 0.3) is 22.2 Å². The number of amides is 1. The molecule has 2 N–H and O–H groups in total. The monoisotopic (exact) mass is 318 g/mol. The Morgan fingerprint density at radius 3 is 2.96 bits per heavy atom. The zero-order valence-corrected chi connectivity index (χ0v) is 12.7. The van der Waals surface area contributed by atoms with Gasteiger partial charge < -0.3 is 14.8 Å². The lowest BCUT2D eigenvalue weighted by Crippen LogP contribution is -2.14. The Hall–Kier alpha value is -3.41. The molecule has 0 atom stereocenters. The Morgan fingerprint density at radius 2 is 2.08 bits per heavy atom. The van der Waals surface area contributed by atoms with Crippen molar-refractivity contribution in [2.24, 2.45) is 0 Å². The zero-order valence-electron chi connectivity index (χ0n) is 12.7. The summed E-state index contributed by atoms with van der Waals surface area (Å²) in [5, 5.41) is 7.65. The highest BCUT2D eigenvalue weighted by Crippen LogP contribution is 2.22. The second kappa shape index (κ2) is 6.00. The molecule has 0 saturated carbocycles. The highest BCUT2D eigenvalue weighted by molar-refractivity contribution is 5.95. The second-order valence-electron chi connectivity index (χ2n) is 5.40. The Kier molecular flexibility index (Phi) is 3.55. The number of nitrogens with one attached hydrogen (secondary N) is 2. The SMILES string of the molecule is O=C(Cc1c[nH]c2cnccc12)Nc1cc(-c2ccccc2)on1. The maximum Gasteiger partial charge on any atom is 0.230 e. The van der Waals surface area contributed by atoms with Gasteiger partial charge in [-0.05, 0) is 11.6 Å². The molecule has 0 spiro atoms. The smallest absolute Gasteiger partial charge is 0.230 e. The predicted molar refractivity (Wildman–Crippen MR) is 90.4 cm³/mol. The molecule has 1 amide bonds. The van der Waals surface area contributed by atoms with Gasteiger partial charge in [-0.1, -0.05) is 35.5 Å². The number of H-pyrrole nitrogens is 1. The molecule has 0 saturated heterocycles. The van der Waals surface area contributed by atoms with E-state index in [1.54, 1.807) is 18.5 Å². The van der Waals surface area contributed by atoms with Crippen LogP contribution in [-0.4, -0.2) is 21.0 Å². The number of carbonyl (C=O) groups is 1. The third kappa shape index (κ3) is 2.77. The van der Waals surface area contributed by atoms with Crippen molar-refractivity contribution in [3.8, 4) is 11.3 Å². The summed E-state index contributed by atoms with van der Waals surface area (Å²) >= 11 is 0. The highest BCUT2D eigenvalue weighted by atomic mass is 16.5. The van der Waals surface area contributed by atoms with Crippen molar-refractivity contribution in [3.05, 3.63) is 66.6 Å². The van der Waals surface area contributed by atoms with Crippen LogP contribution in [0.2, 0.25) is 0 Å². The molecule has 0 aliphatic rings. The molecule has 0 bridgehead atoms. The van der Waals surface area contributed by atoms with E-state index in [2.05, 4.69) is 20.4 Å². The van der Waals surface area contributed by atoms with Gasteiger partial charge in [0.1, 0.15) is 0 Å². The number of anilines is 1. The van der Waals surface area contributed by atoms with E-state index in [-0.39, 0.29) is 12.3 Å². The van der Waals surface area contributed by atoms with Crippen LogP contribution in [0, 0.1) is 0 Å². The Balaban J connectivity index is 1.48. The molecule has 0 radical (unpaired) electrons. The number of hydrogen-bond donors (Lipinski definition) is 2. The van der Waals surface area contributed by atoms with Crippen molar-refractivity contribution >= 4 is 22.6 Å². The van der Waals surface area contributed by atoms with Gasteiger partial charge in [-0.3, -0.25) is 9.78 Å². The van der Waals surface area contributed by atoms with Gasteiger partial charge in [0.15, 0.2) is 11.6 Å². The predicted octanol–water partition coefficient (Wildman–Crippen LogP) is 3.40. The van der Waals surface area contributed by atoms with Crippen molar-refractivity contribution < 1.29 is 9.32 Å². The first kappa shape index (κ1) is 14.2. The van der Waals surface area contributed by atoms with Gasteiger partial charge in [-0.25, -0.2) is 0 Å². The average Bonchev–Trinajstić information content (AvgIpc) is 3.23. The number of rotatable bonds is 4. The Labute approximate surface area is 137 Å². The number of aromatic amines is 1. The first-order valence-electron chi connectivity index (χ1n) is 7.51. The van der Waals surface area contributed by atoms with Crippen LogP contribution in [0.15, 0.2) is 65.6 Å². The number of aromatic nitrogens is 3. The van der Waals surface area contributed by atoms with Crippen molar-refractivity contribution in [1.82, 2.24) is 15.1 Å². The normalized spacial score (nSPS) is 10.8. The summed E-state index contributed by atoms with van der Waals surface area (Å²) in [7, 11) is 0. The molecule has 0 fully saturated rings. The standard InChI is InChI=1S/C18H14N4O2/c23-18(8-13-10-20-15-11-19-7-6-14(13)15)21-17-9-16(24-22-17)12-4-2-1-3-5-12/h1-7,9-11,20H,8H2,(H,21,22,23). The van der Waals surface area contributed by atoms with E-state index in [1.807, 2.05) is 42.6 Å². The van der Waals surface area contributed by atoms with Crippen molar-refractivity contribution in [2.45, 2.75) is 6.42 Å². The van der Waals surface area contributed by atoms with Crippen LogP contribution in [0.5, 0.6) is 0 Å². The third-order valence-corrected chi connectivity index (χ3v) is 3.76. The van der Waals surface area contributed by atoms with Gasteiger partial charge in [0.25, 0.3) is 0 Å². The number of nitrogens with zero attached hydrogens (tertiary/aromatic N) is 2. The van der Waals surface area contributed by atoms with E-state index in [1.165, 1.54) is 0 Å². The Morgan fingerprint density at radius 1 is 1.21 bits per heavy atom. The van der Waals surface area contributed by atoms with Gasteiger partial charge >= 0.3 is 0 Å². The lowest BCUT2D eigenvalue weighted by molar-refractivity contribution is -0.115. The fraction of sp³-hybridized carbons (Fsp3) is 0.0556. The number of fused-ring (bicyclic) bond motifs is 1. The average molecular weight is 318 g/mol. The first-order chi connectivity index (χ1) is 11.8. The van der Waals surface area contributed by atoms with Crippen molar-refractivity contribution in [3.63, 3.8) is 0 Å². The maximum atomic E-state index is 12.2. The number of hydrogen-bond acceptors (Lipinski definition) is 4. The molecular formula is C18H14N4O2. The van der Waals surface area contributed by atoms with Crippen LogP contribution in [0.3, 0.4) is 0 Å². The number of benzene rings is 1. The van der Waals surface area contributed by atoms with Gasteiger partial charge in [0, 0.05) is 29.4 Å². The summed E-state index contributed by atoms with van der Waals surface area (Å²) < 4.78 is 5.28. The van der Waals surface area contributed by atoms with Crippen LogP contribution in [0.1, 0.15) is 5.56 Å². The molecule has 118 valence electrons. The van der Waals surface area contributed by atoms with E-state index in [0.717, 1.165) is 22.0 Å². The summed E-state index contributed by atoms with van der Waals surface area (Å²) in [5.74, 6) is 0.866.